The van der Waals surface area contributed by atoms with E-state index in [1.807, 2.05) is 26.0 Å². The van der Waals surface area contributed by atoms with E-state index in [9.17, 15) is 0 Å². The maximum absolute atomic E-state index is 8.65. The molecule has 0 bridgehead atoms. The van der Waals surface area contributed by atoms with Gasteiger partial charge in [-0.1, -0.05) is 6.07 Å². The molecule has 0 saturated carbocycles. The van der Waals surface area contributed by atoms with Crippen molar-refractivity contribution in [3.05, 3.63) is 28.8 Å². The zero-order valence-electron chi connectivity index (χ0n) is 8.22. The van der Waals surface area contributed by atoms with Gasteiger partial charge in [0.2, 0.25) is 0 Å². The number of nitriles is 1. The summed E-state index contributed by atoms with van der Waals surface area (Å²) in [5.41, 5.74) is 3.36. The minimum atomic E-state index is 0.413. The van der Waals surface area contributed by atoms with Crippen molar-refractivity contribution >= 4 is 0 Å². The molecule has 0 saturated heterocycles. The van der Waals surface area contributed by atoms with Crippen LogP contribution in [0.2, 0.25) is 0 Å². The standard InChI is InChI=1S/C11H13NO/c1-8-4-5-11(13-3)10(6-7-12)9(8)2/h4-5H,6H2,1-3H3. The molecule has 1 aromatic rings. The fraction of sp³-hybridized carbons (Fsp3) is 0.364. The summed E-state index contributed by atoms with van der Waals surface area (Å²) in [7, 11) is 1.63. The summed E-state index contributed by atoms with van der Waals surface area (Å²) in [6.45, 7) is 4.06. The summed E-state index contributed by atoms with van der Waals surface area (Å²) in [4.78, 5) is 0. The highest BCUT2D eigenvalue weighted by molar-refractivity contribution is 5.45. The molecular weight excluding hydrogens is 162 g/mol. The van der Waals surface area contributed by atoms with E-state index in [2.05, 4.69) is 6.07 Å². The minimum Gasteiger partial charge on any atom is -0.496 e. The van der Waals surface area contributed by atoms with Crippen molar-refractivity contribution in [2.45, 2.75) is 20.3 Å². The normalized spacial score (nSPS) is 9.38. The van der Waals surface area contributed by atoms with Gasteiger partial charge in [-0.05, 0) is 31.0 Å². The molecule has 2 heteroatoms. The van der Waals surface area contributed by atoms with Crippen molar-refractivity contribution in [3.63, 3.8) is 0 Å². The number of hydrogen-bond acceptors (Lipinski definition) is 2. The van der Waals surface area contributed by atoms with Crippen LogP contribution in [-0.2, 0) is 6.42 Å². The molecule has 13 heavy (non-hydrogen) atoms. The van der Waals surface area contributed by atoms with Crippen LogP contribution in [0.3, 0.4) is 0 Å². The van der Waals surface area contributed by atoms with Gasteiger partial charge in [0.25, 0.3) is 0 Å². The van der Waals surface area contributed by atoms with Crippen molar-refractivity contribution in [3.8, 4) is 11.8 Å². The van der Waals surface area contributed by atoms with Crippen LogP contribution in [0.15, 0.2) is 12.1 Å². The maximum atomic E-state index is 8.65. The molecule has 0 heterocycles. The molecule has 0 aliphatic rings. The Morgan fingerprint density at radius 2 is 2.08 bits per heavy atom. The lowest BCUT2D eigenvalue weighted by Crippen LogP contribution is -1.96. The smallest absolute Gasteiger partial charge is 0.123 e. The molecule has 68 valence electrons. The Balaban J connectivity index is 3.25. The van der Waals surface area contributed by atoms with Crippen molar-refractivity contribution in [2.24, 2.45) is 0 Å². The molecule has 0 atom stereocenters. The van der Waals surface area contributed by atoms with E-state index in [4.69, 9.17) is 10.00 Å². The molecule has 1 rings (SSSR count). The quantitative estimate of drug-likeness (QED) is 0.691. The zero-order chi connectivity index (χ0) is 9.84. The van der Waals surface area contributed by atoms with Crippen molar-refractivity contribution in [1.29, 1.82) is 5.26 Å². The van der Waals surface area contributed by atoms with E-state index in [-0.39, 0.29) is 0 Å². The lowest BCUT2D eigenvalue weighted by Gasteiger charge is -2.10. The van der Waals surface area contributed by atoms with Crippen LogP contribution in [-0.4, -0.2) is 7.11 Å². The minimum absolute atomic E-state index is 0.413. The zero-order valence-corrected chi connectivity index (χ0v) is 8.22. The van der Waals surface area contributed by atoms with Gasteiger partial charge in [-0.2, -0.15) is 5.26 Å². The van der Waals surface area contributed by atoms with Gasteiger partial charge in [0.15, 0.2) is 0 Å². The summed E-state index contributed by atoms with van der Waals surface area (Å²) in [6, 6.07) is 6.07. The van der Waals surface area contributed by atoms with Crippen LogP contribution in [0, 0.1) is 25.2 Å². The Hall–Kier alpha value is -1.49. The molecule has 0 aromatic heterocycles. The van der Waals surface area contributed by atoms with Crippen LogP contribution < -0.4 is 4.74 Å². The van der Waals surface area contributed by atoms with Crippen LogP contribution in [0.4, 0.5) is 0 Å². The van der Waals surface area contributed by atoms with Gasteiger partial charge in [-0.15, -0.1) is 0 Å². The van der Waals surface area contributed by atoms with Crippen LogP contribution in [0.25, 0.3) is 0 Å². The van der Waals surface area contributed by atoms with E-state index < -0.39 is 0 Å². The Kier molecular flexibility index (Phi) is 2.92. The summed E-state index contributed by atoms with van der Waals surface area (Å²) in [5, 5.41) is 8.65. The average molecular weight is 175 g/mol. The number of ether oxygens (including phenoxy) is 1. The number of hydrogen-bond donors (Lipinski definition) is 0. The molecule has 0 aliphatic carbocycles. The molecule has 0 spiro atoms. The predicted octanol–water partition coefficient (Wildman–Crippen LogP) is 2.38. The number of rotatable bonds is 2. The van der Waals surface area contributed by atoms with E-state index in [0.29, 0.717) is 6.42 Å². The van der Waals surface area contributed by atoms with E-state index in [1.165, 1.54) is 5.56 Å². The fourth-order valence-electron chi connectivity index (χ4n) is 1.34. The van der Waals surface area contributed by atoms with Crippen molar-refractivity contribution in [2.75, 3.05) is 7.11 Å². The lowest BCUT2D eigenvalue weighted by atomic mass is 10.0. The summed E-state index contributed by atoms with van der Waals surface area (Å²) in [5.74, 6) is 0.810. The van der Waals surface area contributed by atoms with Gasteiger partial charge in [-0.25, -0.2) is 0 Å². The summed E-state index contributed by atoms with van der Waals surface area (Å²) in [6.07, 6.45) is 0.413. The van der Waals surface area contributed by atoms with Crippen LogP contribution in [0.5, 0.6) is 5.75 Å². The maximum Gasteiger partial charge on any atom is 0.123 e. The molecule has 2 nitrogen and oxygen atoms in total. The molecule has 0 radical (unpaired) electrons. The first-order valence-electron chi connectivity index (χ1n) is 4.20. The Morgan fingerprint density at radius 1 is 1.38 bits per heavy atom. The average Bonchev–Trinajstić information content (AvgIpc) is 2.14. The van der Waals surface area contributed by atoms with Crippen molar-refractivity contribution < 1.29 is 4.74 Å². The fourth-order valence-corrected chi connectivity index (χ4v) is 1.34. The molecule has 0 unspecified atom stereocenters. The lowest BCUT2D eigenvalue weighted by molar-refractivity contribution is 0.410. The first-order valence-corrected chi connectivity index (χ1v) is 4.20. The molecule has 0 N–H and O–H groups in total. The summed E-state index contributed by atoms with van der Waals surface area (Å²) < 4.78 is 5.18. The molecule has 0 fully saturated rings. The number of nitrogens with zero attached hydrogens (tertiary/aromatic N) is 1. The largest absolute Gasteiger partial charge is 0.496 e. The van der Waals surface area contributed by atoms with E-state index >= 15 is 0 Å². The van der Waals surface area contributed by atoms with Gasteiger partial charge in [0, 0.05) is 5.56 Å². The van der Waals surface area contributed by atoms with Gasteiger partial charge in [0.05, 0.1) is 19.6 Å². The number of benzene rings is 1. The van der Waals surface area contributed by atoms with Crippen LogP contribution in [0.1, 0.15) is 16.7 Å². The third kappa shape index (κ3) is 1.81. The molecule has 0 amide bonds. The highest BCUT2D eigenvalue weighted by Gasteiger charge is 2.07. The van der Waals surface area contributed by atoms with E-state index in [1.54, 1.807) is 7.11 Å². The van der Waals surface area contributed by atoms with Crippen LogP contribution >= 0.6 is 0 Å². The highest BCUT2D eigenvalue weighted by Crippen LogP contribution is 2.24. The third-order valence-electron chi connectivity index (χ3n) is 2.30. The second kappa shape index (κ2) is 3.95. The summed E-state index contributed by atoms with van der Waals surface area (Å²) >= 11 is 0. The molecule has 1 aromatic carbocycles. The molecular formula is C11H13NO. The second-order valence-electron chi connectivity index (χ2n) is 3.02. The predicted molar refractivity (Wildman–Crippen MR) is 51.8 cm³/mol. The topological polar surface area (TPSA) is 33.0 Å². The highest BCUT2D eigenvalue weighted by atomic mass is 16.5. The number of methoxy groups -OCH3 is 1. The Morgan fingerprint density at radius 3 is 2.62 bits per heavy atom. The monoisotopic (exact) mass is 175 g/mol. The van der Waals surface area contributed by atoms with Gasteiger partial charge in [0.1, 0.15) is 5.75 Å². The van der Waals surface area contributed by atoms with E-state index in [0.717, 1.165) is 16.9 Å². The second-order valence-corrected chi connectivity index (χ2v) is 3.02. The Labute approximate surface area is 78.8 Å². The van der Waals surface area contributed by atoms with Crippen molar-refractivity contribution in [1.82, 2.24) is 0 Å². The van der Waals surface area contributed by atoms with Gasteiger partial charge >= 0.3 is 0 Å². The third-order valence-corrected chi connectivity index (χ3v) is 2.30. The first kappa shape index (κ1) is 9.60. The first-order chi connectivity index (χ1) is 6.20. The molecule has 0 aliphatic heterocycles. The number of aryl methyl sites for hydroxylation is 1. The van der Waals surface area contributed by atoms with Gasteiger partial charge < -0.3 is 4.74 Å². The van der Waals surface area contributed by atoms with Gasteiger partial charge in [-0.3, -0.25) is 0 Å². The Bertz CT molecular complexity index is 350. The SMILES string of the molecule is COc1ccc(C)c(C)c1CC#N.